The summed E-state index contributed by atoms with van der Waals surface area (Å²) in [5, 5.41) is 2.52. The fourth-order valence-electron chi connectivity index (χ4n) is 10.9. The molecule has 2 fully saturated rings. The van der Waals surface area contributed by atoms with E-state index in [9.17, 15) is 4.79 Å². The van der Waals surface area contributed by atoms with Crippen LogP contribution in [0.1, 0.15) is 102 Å². The highest BCUT2D eigenvalue weighted by atomic mass is 28.4. The van der Waals surface area contributed by atoms with E-state index < -0.39 is 16.6 Å². The van der Waals surface area contributed by atoms with Crippen LogP contribution in [0.15, 0.2) is 72.3 Å². The third-order valence-electron chi connectivity index (χ3n) is 12.8. The first kappa shape index (κ1) is 39.8. The van der Waals surface area contributed by atoms with Crippen LogP contribution in [-0.2, 0) is 18.4 Å². The van der Waals surface area contributed by atoms with Gasteiger partial charge in [-0.1, -0.05) is 142 Å². The molecule has 2 aliphatic rings. The fourth-order valence-corrected chi connectivity index (χ4v) is 21.2. The van der Waals surface area contributed by atoms with Gasteiger partial charge >= 0.3 is 5.97 Å². The van der Waals surface area contributed by atoms with Crippen molar-refractivity contribution < 1.29 is 18.4 Å². The van der Waals surface area contributed by atoms with Gasteiger partial charge in [-0.25, -0.2) is 4.79 Å². The van der Waals surface area contributed by atoms with Crippen molar-refractivity contribution in [1.29, 1.82) is 0 Å². The number of hydrogen-bond acceptors (Lipinski definition) is 4. The Morgan fingerprint density at radius 3 is 1.80 bits per heavy atom. The van der Waals surface area contributed by atoms with Crippen LogP contribution in [0.5, 0.6) is 0 Å². The summed E-state index contributed by atoms with van der Waals surface area (Å²) in [6, 6.07) is 22.0. The molecule has 6 heteroatoms. The van der Waals surface area contributed by atoms with Gasteiger partial charge in [-0.2, -0.15) is 0 Å². The van der Waals surface area contributed by atoms with E-state index in [0.29, 0.717) is 46.9 Å². The smallest absolute Gasteiger partial charge is 0.330 e. The minimum atomic E-state index is -2.77. The highest BCUT2D eigenvalue weighted by Gasteiger charge is 2.56. The first-order chi connectivity index (χ1) is 23.0. The molecule has 0 spiro atoms. The van der Waals surface area contributed by atoms with Gasteiger partial charge in [0.25, 0.3) is 8.32 Å². The van der Waals surface area contributed by atoms with Crippen LogP contribution in [0.25, 0.3) is 0 Å². The number of methoxy groups -OCH3 is 1. The Bertz CT molecular complexity index is 1320. The topological polar surface area (TPSA) is 44.8 Å². The number of ether oxygens (including phenoxy) is 1. The lowest BCUT2D eigenvalue weighted by Crippen LogP contribution is -2.67. The molecule has 0 amide bonds. The van der Waals surface area contributed by atoms with Gasteiger partial charge in [0.05, 0.1) is 7.11 Å². The molecule has 2 saturated carbocycles. The van der Waals surface area contributed by atoms with E-state index in [2.05, 4.69) is 144 Å². The molecule has 7 atom stereocenters. The summed E-state index contributed by atoms with van der Waals surface area (Å²) in [6.07, 6.45) is 5.45. The van der Waals surface area contributed by atoms with Gasteiger partial charge in [0.1, 0.15) is 0 Å². The molecule has 0 saturated heterocycles. The summed E-state index contributed by atoms with van der Waals surface area (Å²) in [7, 11) is -3.37. The van der Waals surface area contributed by atoms with E-state index in [0.717, 1.165) is 18.4 Å². The SMILES string of the molecule is COC(=O)/C=C(/C)[C@H]1[C@@H](CO[Si](c2ccccc2)(c2ccccc2)C(C)(C)C)[C@H]2[C@@H](C[C@@H]1C)[C@@H](O[Si](C(C)C)(C(C)C)C(C)C)CC[C@@H]2C. The normalized spacial score (nSPS) is 27.0. The second-order valence-corrected chi connectivity index (χ2v) is 27.3. The number of fused-ring (bicyclic) bond motifs is 1. The van der Waals surface area contributed by atoms with E-state index in [1.54, 1.807) is 6.08 Å². The molecule has 272 valence electrons. The molecule has 4 rings (SSSR count). The van der Waals surface area contributed by atoms with Gasteiger partial charge in [-0.3, -0.25) is 0 Å². The van der Waals surface area contributed by atoms with E-state index >= 15 is 0 Å². The van der Waals surface area contributed by atoms with Crippen LogP contribution >= 0.6 is 0 Å². The maximum absolute atomic E-state index is 12.7. The molecule has 0 aliphatic heterocycles. The lowest BCUT2D eigenvalue weighted by Gasteiger charge is -2.57. The quantitative estimate of drug-likeness (QED) is 0.125. The molecule has 2 aromatic rings. The van der Waals surface area contributed by atoms with E-state index in [1.165, 1.54) is 23.9 Å². The zero-order valence-electron chi connectivity index (χ0n) is 33.1. The standard InChI is InChI=1S/C43H68O4Si2/c1-29(2)48(30(3)4,31(5)6)47-39-25-24-32(7)42-37(39)26-33(8)41(34(9)27-40(44)45-13)38(42)28-46-49(43(10,11)12,35-20-16-14-17-21-35)36-22-18-15-19-23-36/h14-23,27,29-33,37-39,41-42H,24-26,28H2,1-13H3/b34-27-/t32-,33-,37-,38+,39-,41-,42+/m0/s1. The zero-order valence-corrected chi connectivity index (χ0v) is 35.1. The molecule has 0 radical (unpaired) electrons. The van der Waals surface area contributed by atoms with Crippen LogP contribution in [0.3, 0.4) is 0 Å². The molecule has 49 heavy (non-hydrogen) atoms. The Kier molecular flexibility index (Phi) is 13.1. The monoisotopic (exact) mass is 704 g/mol. The second kappa shape index (κ2) is 16.1. The van der Waals surface area contributed by atoms with Crippen LogP contribution in [0.4, 0.5) is 0 Å². The van der Waals surface area contributed by atoms with Crippen molar-refractivity contribution in [3.05, 3.63) is 72.3 Å². The summed E-state index contributed by atoms with van der Waals surface area (Å²) in [6.45, 7) is 29.3. The minimum absolute atomic E-state index is 0.109. The van der Waals surface area contributed by atoms with Crippen molar-refractivity contribution in [2.24, 2.45) is 35.5 Å². The minimum Gasteiger partial charge on any atom is -0.466 e. The number of carbonyl (C=O) groups excluding carboxylic acids is 1. The van der Waals surface area contributed by atoms with Crippen molar-refractivity contribution in [2.45, 2.75) is 130 Å². The molecule has 0 aromatic heterocycles. The van der Waals surface area contributed by atoms with E-state index in [-0.39, 0.29) is 28.9 Å². The first-order valence-corrected chi connectivity index (χ1v) is 23.3. The van der Waals surface area contributed by atoms with Gasteiger partial charge < -0.3 is 13.6 Å². The predicted octanol–water partition coefficient (Wildman–Crippen LogP) is 10.2. The Labute approximate surface area is 302 Å². The van der Waals surface area contributed by atoms with Crippen molar-refractivity contribution in [3.63, 3.8) is 0 Å². The molecular weight excluding hydrogens is 637 g/mol. The summed E-state index contributed by atoms with van der Waals surface area (Å²) in [5.41, 5.74) is 2.79. The number of rotatable bonds is 12. The van der Waals surface area contributed by atoms with Crippen LogP contribution < -0.4 is 10.4 Å². The third kappa shape index (κ3) is 7.78. The Morgan fingerprint density at radius 2 is 1.35 bits per heavy atom. The molecule has 2 aromatic carbocycles. The lowest BCUT2D eigenvalue weighted by atomic mass is 9.53. The Morgan fingerprint density at radius 1 is 0.837 bits per heavy atom. The van der Waals surface area contributed by atoms with Gasteiger partial charge in [0.15, 0.2) is 0 Å². The third-order valence-corrected chi connectivity index (χ3v) is 23.9. The second-order valence-electron chi connectivity index (χ2n) is 17.6. The molecule has 0 bridgehead atoms. The van der Waals surface area contributed by atoms with Gasteiger partial charge in [-0.15, -0.1) is 0 Å². The summed E-state index contributed by atoms with van der Waals surface area (Å²) >= 11 is 0. The number of carbonyl (C=O) groups is 1. The van der Waals surface area contributed by atoms with Crippen LogP contribution in [0, 0.1) is 35.5 Å². The van der Waals surface area contributed by atoms with Crippen molar-refractivity contribution >= 4 is 33.0 Å². The van der Waals surface area contributed by atoms with Crippen LogP contribution in [0.2, 0.25) is 21.7 Å². The molecule has 0 N–H and O–H groups in total. The Hall–Kier alpha value is -2.00. The lowest BCUT2D eigenvalue weighted by molar-refractivity contribution is -0.135. The Balaban J connectivity index is 1.86. The molecule has 2 aliphatic carbocycles. The molecule has 0 unspecified atom stereocenters. The number of esters is 1. The fraction of sp³-hybridized carbons (Fsp3) is 0.651. The number of benzene rings is 2. The van der Waals surface area contributed by atoms with Gasteiger partial charge in [0, 0.05) is 18.8 Å². The van der Waals surface area contributed by atoms with Crippen molar-refractivity contribution in [1.82, 2.24) is 0 Å². The summed E-state index contributed by atoms with van der Waals surface area (Å²) < 4.78 is 20.7. The number of hydrogen-bond donors (Lipinski definition) is 0. The maximum atomic E-state index is 12.7. The highest BCUT2D eigenvalue weighted by molar-refractivity contribution is 6.99. The zero-order chi connectivity index (χ0) is 36.3. The van der Waals surface area contributed by atoms with Crippen molar-refractivity contribution in [3.8, 4) is 0 Å². The highest BCUT2D eigenvalue weighted by Crippen LogP contribution is 2.56. The average molecular weight is 705 g/mol. The first-order valence-electron chi connectivity index (χ1n) is 19.2. The molecular formula is C43H68O4Si2. The van der Waals surface area contributed by atoms with Crippen LogP contribution in [-0.4, -0.2) is 42.4 Å². The molecule has 4 nitrogen and oxygen atoms in total. The average Bonchev–Trinajstić information content (AvgIpc) is 3.04. The van der Waals surface area contributed by atoms with E-state index in [4.69, 9.17) is 13.6 Å². The van der Waals surface area contributed by atoms with Crippen molar-refractivity contribution in [2.75, 3.05) is 13.7 Å². The molecule has 0 heterocycles. The summed E-state index contributed by atoms with van der Waals surface area (Å²) in [4.78, 5) is 12.7. The maximum Gasteiger partial charge on any atom is 0.330 e. The van der Waals surface area contributed by atoms with E-state index in [1.807, 2.05) is 0 Å². The number of allylic oxidation sites excluding steroid dienone is 1. The summed E-state index contributed by atoms with van der Waals surface area (Å²) in [5.74, 6) is 2.06. The largest absolute Gasteiger partial charge is 0.466 e. The van der Waals surface area contributed by atoms with Gasteiger partial charge in [-0.05, 0) is 93.7 Å². The van der Waals surface area contributed by atoms with Gasteiger partial charge in [0.2, 0.25) is 8.32 Å². The predicted molar refractivity (Wildman–Crippen MR) is 211 cm³/mol.